The largest absolute Gasteiger partial charge is 0.214 e. The second-order valence-corrected chi connectivity index (χ2v) is 12.2. The van der Waals surface area contributed by atoms with Crippen LogP contribution in [0, 0.1) is 22.7 Å². The van der Waals surface area contributed by atoms with Crippen LogP contribution in [0.5, 0.6) is 0 Å². The summed E-state index contributed by atoms with van der Waals surface area (Å²) in [5, 5.41) is 17.2. The van der Waals surface area contributed by atoms with E-state index in [1.165, 1.54) is 64.2 Å². The van der Waals surface area contributed by atoms with E-state index in [1.54, 1.807) is 4.31 Å². The normalized spacial score (nSPS) is 11.5. The maximum absolute atomic E-state index is 13.0. The molecule has 0 heterocycles. The van der Waals surface area contributed by atoms with Crippen LogP contribution < -0.4 is 0 Å². The summed E-state index contributed by atoms with van der Waals surface area (Å²) in [6, 6.07) is 4.41. The van der Waals surface area contributed by atoms with Gasteiger partial charge in [-0.05, 0) is 32.1 Å². The zero-order valence-corrected chi connectivity index (χ0v) is 23.8. The molecule has 0 atom stereocenters. The molecule has 0 unspecified atom stereocenters. The predicted molar refractivity (Wildman–Crippen MR) is 148 cm³/mol. The van der Waals surface area contributed by atoms with Gasteiger partial charge >= 0.3 is 0 Å². The second-order valence-electron chi connectivity index (χ2n) is 10.1. The maximum atomic E-state index is 13.0. The van der Waals surface area contributed by atoms with E-state index in [0.29, 0.717) is 31.7 Å². The van der Waals surface area contributed by atoms with Crippen LogP contribution in [-0.4, -0.2) is 31.6 Å². The third-order valence-corrected chi connectivity index (χ3v) is 8.75. The molecule has 6 heteroatoms. The number of nitrogens with zero attached hydrogens (tertiary/aromatic N) is 3. The lowest BCUT2D eigenvalue weighted by molar-refractivity contribution is 0.382. The summed E-state index contributed by atoms with van der Waals surface area (Å²) in [4.78, 5) is 0. The molecule has 0 aromatic rings. The Hall–Kier alpha value is -1.11. The summed E-state index contributed by atoms with van der Waals surface area (Å²) >= 11 is 0. The zero-order chi connectivity index (χ0) is 25.9. The van der Waals surface area contributed by atoms with E-state index in [4.69, 9.17) is 10.5 Å². The third kappa shape index (κ3) is 23.1. The average Bonchev–Trinajstić information content (AvgIpc) is 2.84. The van der Waals surface area contributed by atoms with Crippen molar-refractivity contribution in [2.75, 3.05) is 18.8 Å². The molecule has 0 aliphatic heterocycles. The van der Waals surface area contributed by atoms with Gasteiger partial charge in [0.15, 0.2) is 0 Å². The Morgan fingerprint density at radius 2 is 0.857 bits per heavy atom. The minimum Gasteiger partial charge on any atom is -0.212 e. The van der Waals surface area contributed by atoms with Crippen molar-refractivity contribution in [3.05, 3.63) is 0 Å². The van der Waals surface area contributed by atoms with E-state index >= 15 is 0 Å². The first-order valence-corrected chi connectivity index (χ1v) is 16.4. The first-order valence-electron chi connectivity index (χ1n) is 14.8. The van der Waals surface area contributed by atoms with Gasteiger partial charge in [0.1, 0.15) is 0 Å². The van der Waals surface area contributed by atoms with Gasteiger partial charge in [0.2, 0.25) is 10.0 Å². The molecule has 0 rings (SSSR count). The van der Waals surface area contributed by atoms with E-state index in [1.807, 2.05) is 0 Å². The molecule has 0 aliphatic carbocycles. The Bertz CT molecular complexity index is 603. The predicted octanol–water partition coefficient (Wildman–Crippen LogP) is 8.66. The van der Waals surface area contributed by atoms with Gasteiger partial charge < -0.3 is 0 Å². The lowest BCUT2D eigenvalue weighted by Crippen LogP contribution is -2.35. The van der Waals surface area contributed by atoms with Gasteiger partial charge in [0, 0.05) is 25.9 Å². The smallest absolute Gasteiger partial charge is 0.212 e. The Balaban J connectivity index is 4.21. The van der Waals surface area contributed by atoms with Crippen LogP contribution in [0.3, 0.4) is 0 Å². The van der Waals surface area contributed by atoms with Crippen molar-refractivity contribution in [3.8, 4) is 12.1 Å². The van der Waals surface area contributed by atoms with Crippen molar-refractivity contribution in [1.29, 1.82) is 10.5 Å². The van der Waals surface area contributed by atoms with Crippen LogP contribution in [0.25, 0.3) is 0 Å². The molecule has 5 nitrogen and oxygen atoms in total. The van der Waals surface area contributed by atoms with Gasteiger partial charge in [-0.1, -0.05) is 110 Å². The SMILES string of the molecule is CCCCCCCS(=O)(=O)N(CCCCCCCCCCC#N)CCCCCCCCCCC#N. The Kier molecular flexibility index (Phi) is 25.1. The molecule has 0 aromatic heterocycles. The number of hydrogen-bond acceptors (Lipinski definition) is 4. The highest BCUT2D eigenvalue weighted by Crippen LogP contribution is 2.15. The molecule has 0 amide bonds. The van der Waals surface area contributed by atoms with Crippen LogP contribution >= 0.6 is 0 Å². The van der Waals surface area contributed by atoms with Crippen LogP contribution in [0.4, 0.5) is 0 Å². The molecule has 0 fully saturated rings. The van der Waals surface area contributed by atoms with Gasteiger partial charge in [0.25, 0.3) is 0 Å². The van der Waals surface area contributed by atoms with Crippen molar-refractivity contribution in [1.82, 2.24) is 4.31 Å². The number of sulfonamides is 1. The molecule has 0 aromatic carbocycles. The molecule has 0 N–H and O–H groups in total. The van der Waals surface area contributed by atoms with Gasteiger partial charge in [-0.2, -0.15) is 10.5 Å². The summed E-state index contributed by atoms with van der Waals surface area (Å²) in [5.74, 6) is 0.308. The third-order valence-electron chi connectivity index (χ3n) is 6.79. The highest BCUT2D eigenvalue weighted by atomic mass is 32.2. The fraction of sp³-hybridized carbons (Fsp3) is 0.931. The number of nitriles is 2. The average molecular weight is 510 g/mol. The fourth-order valence-corrected chi connectivity index (χ4v) is 6.15. The molecule has 0 radical (unpaired) electrons. The molecule has 0 aliphatic rings. The lowest BCUT2D eigenvalue weighted by atomic mass is 10.1. The number of hydrogen-bond donors (Lipinski definition) is 0. The van der Waals surface area contributed by atoms with Gasteiger partial charge in [-0.3, -0.25) is 0 Å². The lowest BCUT2D eigenvalue weighted by Gasteiger charge is -2.22. The molecule has 35 heavy (non-hydrogen) atoms. The highest BCUT2D eigenvalue weighted by Gasteiger charge is 2.20. The summed E-state index contributed by atoms with van der Waals surface area (Å²) in [5.41, 5.74) is 0. The van der Waals surface area contributed by atoms with Crippen LogP contribution in [-0.2, 0) is 10.0 Å². The van der Waals surface area contributed by atoms with E-state index in [-0.39, 0.29) is 0 Å². The van der Waals surface area contributed by atoms with Crippen LogP contribution in [0.15, 0.2) is 0 Å². The second kappa shape index (κ2) is 26.0. The van der Waals surface area contributed by atoms with Crippen LogP contribution in [0.2, 0.25) is 0 Å². The Labute approximate surface area is 218 Å². The molecule has 0 spiro atoms. The standard InChI is InChI=1S/C29H55N3O2S/c1-2-3-4-19-24-29-35(33,34)32(27-22-17-13-9-5-7-11-15-20-25-30)28-23-18-14-10-6-8-12-16-21-26-31/h2-24,27-29H2,1H3. The minimum absolute atomic E-state index is 0.308. The fourth-order valence-electron chi connectivity index (χ4n) is 4.51. The number of rotatable bonds is 27. The maximum Gasteiger partial charge on any atom is 0.214 e. The zero-order valence-electron chi connectivity index (χ0n) is 23.0. The summed E-state index contributed by atoms with van der Waals surface area (Å²) in [6.45, 7) is 3.54. The first-order chi connectivity index (χ1) is 17.1. The molecular weight excluding hydrogens is 454 g/mol. The summed E-state index contributed by atoms with van der Waals surface area (Å²) < 4.78 is 27.9. The topological polar surface area (TPSA) is 85.0 Å². The Morgan fingerprint density at radius 3 is 1.26 bits per heavy atom. The van der Waals surface area contributed by atoms with Crippen molar-refractivity contribution in [2.24, 2.45) is 0 Å². The Morgan fingerprint density at radius 1 is 0.514 bits per heavy atom. The van der Waals surface area contributed by atoms with E-state index in [0.717, 1.165) is 70.6 Å². The molecule has 0 saturated carbocycles. The van der Waals surface area contributed by atoms with Gasteiger partial charge in [0.05, 0.1) is 17.9 Å². The monoisotopic (exact) mass is 509 g/mol. The molecule has 204 valence electrons. The van der Waals surface area contributed by atoms with Crippen molar-refractivity contribution < 1.29 is 8.42 Å². The summed E-state index contributed by atoms with van der Waals surface area (Å²) in [6.07, 6.45) is 24.8. The molecule has 0 saturated heterocycles. The minimum atomic E-state index is -3.15. The van der Waals surface area contributed by atoms with Crippen molar-refractivity contribution >= 4 is 10.0 Å². The summed E-state index contributed by atoms with van der Waals surface area (Å²) in [7, 11) is -3.15. The van der Waals surface area contributed by atoms with E-state index < -0.39 is 10.0 Å². The highest BCUT2D eigenvalue weighted by molar-refractivity contribution is 7.89. The van der Waals surface area contributed by atoms with E-state index in [9.17, 15) is 8.42 Å². The van der Waals surface area contributed by atoms with Crippen LogP contribution in [0.1, 0.15) is 155 Å². The quantitative estimate of drug-likeness (QED) is 0.104. The van der Waals surface area contributed by atoms with Crippen molar-refractivity contribution in [3.63, 3.8) is 0 Å². The van der Waals surface area contributed by atoms with E-state index in [2.05, 4.69) is 19.1 Å². The van der Waals surface area contributed by atoms with Gasteiger partial charge in [-0.25, -0.2) is 12.7 Å². The molecule has 0 bridgehead atoms. The van der Waals surface area contributed by atoms with Gasteiger partial charge in [-0.15, -0.1) is 0 Å². The van der Waals surface area contributed by atoms with Crippen molar-refractivity contribution in [2.45, 2.75) is 155 Å². The first kappa shape index (κ1) is 33.9. The number of unbranched alkanes of at least 4 members (excludes halogenated alkanes) is 20. The molecular formula is C29H55N3O2S.